The highest BCUT2D eigenvalue weighted by atomic mass is 16.5. The van der Waals surface area contributed by atoms with Gasteiger partial charge in [0, 0.05) is 13.3 Å². The molecule has 0 heterocycles. The molecule has 4 nitrogen and oxygen atoms in total. The number of hydrogen-bond acceptors (Lipinski definition) is 3. The summed E-state index contributed by atoms with van der Waals surface area (Å²) in [4.78, 5) is 23.1. The lowest BCUT2D eigenvalue weighted by Crippen LogP contribution is -2.51. The summed E-state index contributed by atoms with van der Waals surface area (Å²) in [6.45, 7) is 8.28. The number of carbonyl (C=O) groups excluding carboxylic acids is 1. The van der Waals surface area contributed by atoms with Gasteiger partial charge in [0.1, 0.15) is 6.10 Å². The summed E-state index contributed by atoms with van der Waals surface area (Å²) in [5.74, 6) is 1.31. The second-order valence-corrected chi connectivity index (χ2v) is 10.6. The molecular formula is C24H36O4. The summed E-state index contributed by atoms with van der Waals surface area (Å²) in [6.07, 6.45) is 11.3. The third kappa shape index (κ3) is 2.93. The van der Waals surface area contributed by atoms with Gasteiger partial charge in [-0.2, -0.15) is 0 Å². The van der Waals surface area contributed by atoms with E-state index in [0.29, 0.717) is 23.7 Å². The minimum absolute atomic E-state index is 0.0505. The lowest BCUT2D eigenvalue weighted by Gasteiger charge is -2.58. The highest BCUT2D eigenvalue weighted by Gasteiger charge is 2.59. The van der Waals surface area contributed by atoms with Crippen molar-refractivity contribution >= 4 is 11.9 Å². The van der Waals surface area contributed by atoms with E-state index in [2.05, 4.69) is 19.9 Å². The van der Waals surface area contributed by atoms with E-state index in [1.165, 1.54) is 25.3 Å². The van der Waals surface area contributed by atoms with Gasteiger partial charge in [-0.25, -0.2) is 0 Å². The standard InChI is InChI=1S/C24H36O4/c1-14(22(26)27)19-7-8-20-18-6-5-16-13-17(28-15(2)25)9-11-23(16,3)21(18)10-12-24(19,20)4/h5,14,17-21H,6-13H2,1-4H3,(H,26,27)/t14?,17-,18?,19?,20?,21?,23-,24+/m0/s1. The number of esters is 1. The first-order chi connectivity index (χ1) is 13.2. The monoisotopic (exact) mass is 388 g/mol. The van der Waals surface area contributed by atoms with E-state index in [1.807, 2.05) is 6.92 Å². The van der Waals surface area contributed by atoms with Crippen molar-refractivity contribution in [3.8, 4) is 0 Å². The van der Waals surface area contributed by atoms with E-state index in [1.54, 1.807) is 0 Å². The lowest BCUT2D eigenvalue weighted by molar-refractivity contribution is -0.148. The summed E-state index contributed by atoms with van der Waals surface area (Å²) in [5, 5.41) is 9.62. The topological polar surface area (TPSA) is 63.6 Å². The zero-order valence-corrected chi connectivity index (χ0v) is 17.9. The van der Waals surface area contributed by atoms with E-state index < -0.39 is 5.97 Å². The maximum absolute atomic E-state index is 11.7. The van der Waals surface area contributed by atoms with Crippen molar-refractivity contribution < 1.29 is 19.4 Å². The Morgan fingerprint density at radius 1 is 1.14 bits per heavy atom. The molecule has 0 saturated heterocycles. The fourth-order valence-corrected chi connectivity index (χ4v) is 8.00. The molecule has 3 fully saturated rings. The smallest absolute Gasteiger partial charge is 0.306 e. The van der Waals surface area contributed by atoms with E-state index in [-0.39, 0.29) is 28.8 Å². The van der Waals surface area contributed by atoms with E-state index in [0.717, 1.165) is 38.5 Å². The summed E-state index contributed by atoms with van der Waals surface area (Å²) in [5.41, 5.74) is 1.93. The van der Waals surface area contributed by atoms with Crippen LogP contribution in [0.1, 0.15) is 79.1 Å². The number of rotatable bonds is 3. The number of carboxylic acid groups (broad SMARTS) is 1. The summed E-state index contributed by atoms with van der Waals surface area (Å²) >= 11 is 0. The maximum atomic E-state index is 11.7. The van der Waals surface area contributed by atoms with Gasteiger partial charge in [-0.3, -0.25) is 9.59 Å². The fraction of sp³-hybridized carbons (Fsp3) is 0.833. The number of hydrogen-bond donors (Lipinski definition) is 1. The molecule has 4 rings (SSSR count). The van der Waals surface area contributed by atoms with Crippen LogP contribution in [0.3, 0.4) is 0 Å². The van der Waals surface area contributed by atoms with Crippen LogP contribution < -0.4 is 0 Å². The van der Waals surface area contributed by atoms with Gasteiger partial charge in [0.15, 0.2) is 0 Å². The summed E-state index contributed by atoms with van der Waals surface area (Å²) < 4.78 is 5.53. The molecule has 0 aliphatic heterocycles. The molecule has 8 atom stereocenters. The Labute approximate surface area is 169 Å². The van der Waals surface area contributed by atoms with Crippen molar-refractivity contribution in [1.82, 2.24) is 0 Å². The molecule has 4 heteroatoms. The van der Waals surface area contributed by atoms with Crippen LogP contribution in [-0.2, 0) is 14.3 Å². The van der Waals surface area contributed by atoms with E-state index >= 15 is 0 Å². The van der Waals surface area contributed by atoms with Gasteiger partial charge in [0.25, 0.3) is 0 Å². The van der Waals surface area contributed by atoms with Crippen molar-refractivity contribution in [2.24, 2.45) is 40.4 Å². The van der Waals surface area contributed by atoms with Crippen molar-refractivity contribution in [3.63, 3.8) is 0 Å². The first-order valence-electron chi connectivity index (χ1n) is 11.3. The Kier molecular flexibility index (Phi) is 4.91. The largest absolute Gasteiger partial charge is 0.481 e. The number of allylic oxidation sites excluding steroid dienone is 1. The maximum Gasteiger partial charge on any atom is 0.306 e. The van der Waals surface area contributed by atoms with Crippen molar-refractivity contribution in [2.45, 2.75) is 85.2 Å². The Bertz CT molecular complexity index is 697. The average Bonchev–Trinajstić information content (AvgIpc) is 2.98. The van der Waals surface area contributed by atoms with Crippen molar-refractivity contribution in [1.29, 1.82) is 0 Å². The molecule has 5 unspecified atom stereocenters. The average molecular weight is 389 g/mol. The fourth-order valence-electron chi connectivity index (χ4n) is 8.00. The van der Waals surface area contributed by atoms with Gasteiger partial charge in [0.2, 0.25) is 0 Å². The molecule has 156 valence electrons. The molecule has 0 spiro atoms. The van der Waals surface area contributed by atoms with E-state index in [9.17, 15) is 14.7 Å². The molecule has 3 saturated carbocycles. The second-order valence-electron chi connectivity index (χ2n) is 10.6. The van der Waals surface area contributed by atoms with Crippen LogP contribution in [-0.4, -0.2) is 23.1 Å². The van der Waals surface area contributed by atoms with Crippen LogP contribution >= 0.6 is 0 Å². The first-order valence-corrected chi connectivity index (χ1v) is 11.3. The van der Waals surface area contributed by atoms with Crippen LogP contribution in [0.15, 0.2) is 11.6 Å². The van der Waals surface area contributed by atoms with Crippen molar-refractivity contribution in [2.75, 3.05) is 0 Å². The van der Waals surface area contributed by atoms with Gasteiger partial charge in [-0.1, -0.05) is 32.4 Å². The molecular weight excluding hydrogens is 352 g/mol. The molecule has 0 radical (unpaired) electrons. The minimum atomic E-state index is -0.629. The van der Waals surface area contributed by atoms with Crippen LogP contribution in [0.4, 0.5) is 0 Å². The SMILES string of the molecule is CC(=O)O[C@H]1CC[C@@]2(C)C(=CCC3C4CCC(C(C)C(=O)O)[C@@]4(C)CCC32)C1. The molecule has 0 amide bonds. The normalized spacial score (nSPS) is 45.9. The zero-order valence-electron chi connectivity index (χ0n) is 17.9. The van der Waals surface area contributed by atoms with E-state index in [4.69, 9.17) is 4.74 Å². The first kappa shape index (κ1) is 20.0. The predicted molar refractivity (Wildman–Crippen MR) is 108 cm³/mol. The number of ether oxygens (including phenoxy) is 1. The van der Waals surface area contributed by atoms with Gasteiger partial charge >= 0.3 is 11.9 Å². The molecule has 1 N–H and O–H groups in total. The highest BCUT2D eigenvalue weighted by Crippen LogP contribution is 2.67. The van der Waals surface area contributed by atoms with Gasteiger partial charge in [-0.15, -0.1) is 0 Å². The molecule has 0 aromatic carbocycles. The Hall–Kier alpha value is -1.32. The van der Waals surface area contributed by atoms with Crippen LogP contribution in [0.25, 0.3) is 0 Å². The predicted octanol–water partition coefficient (Wildman–Crippen LogP) is 5.22. The number of carbonyl (C=O) groups is 2. The van der Waals surface area contributed by atoms with Crippen molar-refractivity contribution in [3.05, 3.63) is 11.6 Å². The zero-order chi connectivity index (χ0) is 20.3. The third-order valence-electron chi connectivity index (χ3n) is 9.46. The van der Waals surface area contributed by atoms with Gasteiger partial charge in [-0.05, 0) is 79.4 Å². The Balaban J connectivity index is 1.57. The van der Waals surface area contributed by atoms with Crippen LogP contribution in [0, 0.1) is 40.4 Å². The minimum Gasteiger partial charge on any atom is -0.481 e. The van der Waals surface area contributed by atoms with Crippen LogP contribution in [0.5, 0.6) is 0 Å². The Morgan fingerprint density at radius 2 is 1.89 bits per heavy atom. The van der Waals surface area contributed by atoms with Crippen LogP contribution in [0.2, 0.25) is 0 Å². The molecule has 4 aliphatic carbocycles. The molecule has 28 heavy (non-hydrogen) atoms. The second kappa shape index (κ2) is 6.88. The highest BCUT2D eigenvalue weighted by molar-refractivity contribution is 5.70. The quantitative estimate of drug-likeness (QED) is 0.532. The number of fused-ring (bicyclic) bond motifs is 5. The third-order valence-corrected chi connectivity index (χ3v) is 9.46. The Morgan fingerprint density at radius 3 is 2.57 bits per heavy atom. The number of aliphatic carboxylic acids is 1. The summed E-state index contributed by atoms with van der Waals surface area (Å²) in [6, 6.07) is 0. The number of carboxylic acids is 1. The molecule has 4 aliphatic rings. The lowest BCUT2D eigenvalue weighted by atomic mass is 9.47. The summed E-state index contributed by atoms with van der Waals surface area (Å²) in [7, 11) is 0. The molecule has 0 aromatic heterocycles. The molecule has 0 bridgehead atoms. The van der Waals surface area contributed by atoms with Gasteiger partial charge in [0.05, 0.1) is 5.92 Å². The molecule has 0 aromatic rings. The van der Waals surface area contributed by atoms with Gasteiger partial charge < -0.3 is 9.84 Å².